The van der Waals surface area contributed by atoms with Gasteiger partial charge in [-0.1, -0.05) is 168 Å². The summed E-state index contributed by atoms with van der Waals surface area (Å²) in [4.78, 5) is 25.7. The molecule has 15 heteroatoms. The third-order valence-electron chi connectivity index (χ3n) is 12.1. The van der Waals surface area contributed by atoms with Gasteiger partial charge in [0, 0.05) is 12.8 Å². The topological polar surface area (TPSA) is 231 Å². The van der Waals surface area contributed by atoms with Crippen molar-refractivity contribution in [3.63, 3.8) is 0 Å². The lowest BCUT2D eigenvalue weighted by Gasteiger charge is -2.42. The van der Waals surface area contributed by atoms with Gasteiger partial charge >= 0.3 is 11.9 Å². The number of aliphatic hydroxyl groups is 7. The van der Waals surface area contributed by atoms with Crippen molar-refractivity contribution in [3.05, 3.63) is 0 Å². The van der Waals surface area contributed by atoms with Gasteiger partial charge in [-0.3, -0.25) is 9.59 Å². The zero-order chi connectivity index (χ0) is 45.4. The largest absolute Gasteiger partial charge is 0.462 e. The number of esters is 2. The highest BCUT2D eigenvalue weighted by Crippen LogP contribution is 2.26. The number of ether oxygens (including phenoxy) is 6. The molecule has 2 rings (SSSR count). The molecule has 62 heavy (non-hydrogen) atoms. The van der Waals surface area contributed by atoms with Gasteiger partial charge in [-0.2, -0.15) is 0 Å². The van der Waals surface area contributed by atoms with Gasteiger partial charge in [-0.15, -0.1) is 0 Å². The molecule has 7 N–H and O–H groups in total. The second-order valence-electron chi connectivity index (χ2n) is 17.7. The van der Waals surface area contributed by atoms with Crippen LogP contribution in [0.1, 0.15) is 194 Å². The minimum absolute atomic E-state index is 0.173. The number of rotatable bonds is 38. The van der Waals surface area contributed by atoms with Crippen molar-refractivity contribution in [2.75, 3.05) is 26.4 Å². The molecule has 2 aliphatic heterocycles. The quantitative estimate of drug-likeness (QED) is 0.0277. The lowest BCUT2D eigenvalue weighted by atomic mass is 9.98. The van der Waals surface area contributed by atoms with Crippen LogP contribution in [0.5, 0.6) is 0 Å². The van der Waals surface area contributed by atoms with E-state index in [9.17, 15) is 45.3 Å². The highest BCUT2D eigenvalue weighted by atomic mass is 16.7. The maximum Gasteiger partial charge on any atom is 0.306 e. The van der Waals surface area contributed by atoms with Crippen molar-refractivity contribution in [2.45, 2.75) is 261 Å². The SMILES string of the molecule is CCCCCCCCCCCCCCCCCC(=O)OC(COC(=O)CCCCCCCCCCCCC)COC1OC(COC2OC(CO)C(O)C(O)C2O)C(O)C(O)C1O. The average Bonchev–Trinajstić information content (AvgIpc) is 3.26. The molecule has 15 nitrogen and oxygen atoms in total. The van der Waals surface area contributed by atoms with Gasteiger partial charge in [-0.05, 0) is 12.8 Å². The molecule has 2 heterocycles. The molecule has 11 atom stereocenters. The Labute approximate surface area is 372 Å². The number of carbonyl (C=O) groups excluding carboxylic acids is 2. The Hall–Kier alpha value is -1.50. The molecule has 2 fully saturated rings. The Kier molecular flexibility index (Phi) is 32.6. The van der Waals surface area contributed by atoms with Gasteiger partial charge in [0.25, 0.3) is 0 Å². The molecule has 2 saturated heterocycles. The summed E-state index contributed by atoms with van der Waals surface area (Å²) in [5.41, 5.74) is 0. The first kappa shape index (κ1) is 56.6. The average molecular weight is 893 g/mol. The Bertz CT molecular complexity index is 1100. The van der Waals surface area contributed by atoms with Gasteiger partial charge in [0.15, 0.2) is 18.7 Å². The molecular formula is C47H88O15. The summed E-state index contributed by atoms with van der Waals surface area (Å²) in [6, 6.07) is 0. The van der Waals surface area contributed by atoms with Gasteiger partial charge in [0.05, 0.1) is 19.8 Å². The maximum absolute atomic E-state index is 13.0. The van der Waals surface area contributed by atoms with E-state index in [-0.39, 0.29) is 26.1 Å². The molecule has 0 radical (unpaired) electrons. The second-order valence-corrected chi connectivity index (χ2v) is 17.7. The highest BCUT2D eigenvalue weighted by molar-refractivity contribution is 5.70. The Balaban J connectivity index is 1.82. The first-order valence-corrected chi connectivity index (χ1v) is 24.6. The van der Waals surface area contributed by atoms with Crippen molar-refractivity contribution in [1.29, 1.82) is 0 Å². The van der Waals surface area contributed by atoms with E-state index in [2.05, 4.69) is 13.8 Å². The predicted molar refractivity (Wildman–Crippen MR) is 234 cm³/mol. The van der Waals surface area contributed by atoms with Crippen LogP contribution >= 0.6 is 0 Å². The summed E-state index contributed by atoms with van der Waals surface area (Å²) in [5.74, 6) is -0.914. The normalized spacial score (nSPS) is 27.0. The smallest absolute Gasteiger partial charge is 0.306 e. The van der Waals surface area contributed by atoms with E-state index in [1.54, 1.807) is 0 Å². The summed E-state index contributed by atoms with van der Waals surface area (Å²) in [5, 5.41) is 71.9. The highest BCUT2D eigenvalue weighted by Gasteiger charge is 2.47. The fraction of sp³-hybridized carbons (Fsp3) is 0.957. The third-order valence-corrected chi connectivity index (χ3v) is 12.1. The van der Waals surface area contributed by atoms with Gasteiger partial charge in [0.1, 0.15) is 55.4 Å². The number of hydrogen-bond donors (Lipinski definition) is 7. The molecule has 2 aliphatic rings. The van der Waals surface area contributed by atoms with Crippen LogP contribution < -0.4 is 0 Å². The van der Waals surface area contributed by atoms with Crippen molar-refractivity contribution < 1.29 is 73.8 Å². The monoisotopic (exact) mass is 893 g/mol. The van der Waals surface area contributed by atoms with Crippen LogP contribution in [0.3, 0.4) is 0 Å². The number of aliphatic hydroxyl groups excluding tert-OH is 7. The van der Waals surface area contributed by atoms with E-state index >= 15 is 0 Å². The number of hydrogen-bond acceptors (Lipinski definition) is 15. The molecule has 0 aliphatic carbocycles. The van der Waals surface area contributed by atoms with Crippen molar-refractivity contribution in [3.8, 4) is 0 Å². The predicted octanol–water partition coefficient (Wildman–Crippen LogP) is 6.04. The number of unbranched alkanes of at least 4 members (excludes halogenated alkanes) is 24. The molecule has 0 aromatic heterocycles. The van der Waals surface area contributed by atoms with E-state index < -0.39 is 92.7 Å². The van der Waals surface area contributed by atoms with E-state index in [4.69, 9.17) is 28.4 Å². The van der Waals surface area contributed by atoms with Crippen LogP contribution in [-0.4, -0.2) is 142 Å². The molecule has 0 saturated carbocycles. The summed E-state index contributed by atoms with van der Waals surface area (Å²) in [6.07, 6.45) is 14.2. The summed E-state index contributed by atoms with van der Waals surface area (Å²) < 4.78 is 33.5. The second kappa shape index (κ2) is 35.7. The van der Waals surface area contributed by atoms with Crippen LogP contribution in [0.15, 0.2) is 0 Å². The Morgan fingerprint density at radius 3 is 1.26 bits per heavy atom. The molecule has 366 valence electrons. The number of carbonyl (C=O) groups is 2. The fourth-order valence-corrected chi connectivity index (χ4v) is 7.98. The van der Waals surface area contributed by atoms with Crippen LogP contribution in [0.4, 0.5) is 0 Å². The van der Waals surface area contributed by atoms with E-state index in [1.165, 1.54) is 116 Å². The first-order valence-electron chi connectivity index (χ1n) is 24.6. The van der Waals surface area contributed by atoms with E-state index in [0.717, 1.165) is 38.5 Å². The Morgan fingerprint density at radius 1 is 0.452 bits per heavy atom. The van der Waals surface area contributed by atoms with E-state index in [0.29, 0.717) is 12.8 Å². The standard InChI is InChI=1S/C47H88O15/c1-3-5-7-9-11-13-15-16-17-18-20-22-24-26-28-30-39(50)60-35(32-57-38(49)29-27-25-23-21-19-14-12-10-8-6-4-2)33-58-46-45(56)43(54)41(52)37(62-46)34-59-47-44(55)42(53)40(51)36(31-48)61-47/h35-37,40-48,51-56H,3-34H2,1-2H3. The lowest BCUT2D eigenvalue weighted by molar-refractivity contribution is -0.332. The molecule has 11 unspecified atom stereocenters. The summed E-state index contributed by atoms with van der Waals surface area (Å²) in [6.45, 7) is 2.60. The molecule has 0 amide bonds. The zero-order valence-electron chi connectivity index (χ0n) is 38.4. The first-order chi connectivity index (χ1) is 30.0. The fourth-order valence-electron chi connectivity index (χ4n) is 7.98. The molecule has 0 aromatic carbocycles. The van der Waals surface area contributed by atoms with Crippen LogP contribution in [0.25, 0.3) is 0 Å². The molecule has 0 aromatic rings. The van der Waals surface area contributed by atoms with Crippen LogP contribution in [0, 0.1) is 0 Å². The summed E-state index contributed by atoms with van der Waals surface area (Å²) >= 11 is 0. The minimum atomic E-state index is -1.76. The van der Waals surface area contributed by atoms with Crippen molar-refractivity contribution >= 4 is 11.9 Å². The van der Waals surface area contributed by atoms with Crippen molar-refractivity contribution in [1.82, 2.24) is 0 Å². The van der Waals surface area contributed by atoms with Gasteiger partial charge in [-0.25, -0.2) is 0 Å². The zero-order valence-corrected chi connectivity index (χ0v) is 38.4. The van der Waals surface area contributed by atoms with Crippen LogP contribution in [0.2, 0.25) is 0 Å². The molecule has 0 bridgehead atoms. The van der Waals surface area contributed by atoms with Gasteiger partial charge < -0.3 is 64.2 Å². The van der Waals surface area contributed by atoms with Gasteiger partial charge in [0.2, 0.25) is 0 Å². The van der Waals surface area contributed by atoms with E-state index in [1.807, 2.05) is 0 Å². The molecule has 0 spiro atoms. The van der Waals surface area contributed by atoms with Crippen LogP contribution in [-0.2, 0) is 38.0 Å². The third kappa shape index (κ3) is 24.1. The lowest BCUT2D eigenvalue weighted by Crippen LogP contribution is -2.61. The molecular weight excluding hydrogens is 805 g/mol. The van der Waals surface area contributed by atoms with Crippen molar-refractivity contribution in [2.24, 2.45) is 0 Å². The maximum atomic E-state index is 13.0. The summed E-state index contributed by atoms with van der Waals surface area (Å²) in [7, 11) is 0. The Morgan fingerprint density at radius 2 is 0.823 bits per heavy atom. The minimum Gasteiger partial charge on any atom is -0.462 e.